The summed E-state index contributed by atoms with van der Waals surface area (Å²) < 4.78 is 5.02. The zero-order valence-electron chi connectivity index (χ0n) is 12.6. The van der Waals surface area contributed by atoms with E-state index in [4.69, 9.17) is 4.74 Å². The average Bonchev–Trinajstić information content (AvgIpc) is 2.50. The molecule has 5 heteroatoms. The van der Waals surface area contributed by atoms with Gasteiger partial charge < -0.3 is 15.4 Å². The summed E-state index contributed by atoms with van der Waals surface area (Å²) >= 11 is 0. The van der Waals surface area contributed by atoms with Crippen molar-refractivity contribution in [1.29, 1.82) is 0 Å². The Kier molecular flexibility index (Phi) is 5.97. The fourth-order valence-corrected chi connectivity index (χ4v) is 2.00. The summed E-state index contributed by atoms with van der Waals surface area (Å²) in [6.45, 7) is 4.43. The van der Waals surface area contributed by atoms with Gasteiger partial charge in [-0.05, 0) is 18.9 Å². The Morgan fingerprint density at radius 2 is 1.90 bits per heavy atom. The van der Waals surface area contributed by atoms with Crippen LogP contribution in [0.1, 0.15) is 17.5 Å². The van der Waals surface area contributed by atoms with Crippen molar-refractivity contribution in [3.8, 4) is 0 Å². The van der Waals surface area contributed by atoms with Crippen LogP contribution < -0.4 is 10.6 Å². The first kappa shape index (κ1) is 15.3. The maximum Gasteiger partial charge on any atom is 0.131 e. The van der Waals surface area contributed by atoms with Crippen molar-refractivity contribution in [3.63, 3.8) is 0 Å². The van der Waals surface area contributed by atoms with Gasteiger partial charge in [0.15, 0.2) is 0 Å². The highest BCUT2D eigenvalue weighted by molar-refractivity contribution is 5.46. The van der Waals surface area contributed by atoms with Crippen LogP contribution in [0, 0.1) is 6.92 Å². The van der Waals surface area contributed by atoms with Crippen molar-refractivity contribution in [1.82, 2.24) is 9.97 Å². The van der Waals surface area contributed by atoms with E-state index in [9.17, 15) is 0 Å². The molecule has 0 unspecified atom stereocenters. The molecule has 0 atom stereocenters. The van der Waals surface area contributed by atoms with Crippen molar-refractivity contribution >= 4 is 11.6 Å². The summed E-state index contributed by atoms with van der Waals surface area (Å²) in [5, 5.41) is 6.57. The molecule has 0 aliphatic heterocycles. The van der Waals surface area contributed by atoms with Crippen molar-refractivity contribution in [2.75, 3.05) is 30.9 Å². The first-order valence-electron chi connectivity index (χ1n) is 7.12. The smallest absolute Gasteiger partial charge is 0.131 e. The lowest BCUT2D eigenvalue weighted by molar-refractivity contribution is 0.198. The summed E-state index contributed by atoms with van der Waals surface area (Å²) in [6.07, 6.45) is 2.52. The number of benzene rings is 1. The molecule has 112 valence electrons. The van der Waals surface area contributed by atoms with E-state index in [0.29, 0.717) is 0 Å². The monoisotopic (exact) mass is 286 g/mol. The summed E-state index contributed by atoms with van der Waals surface area (Å²) in [4.78, 5) is 8.44. The van der Waals surface area contributed by atoms with E-state index >= 15 is 0 Å². The summed E-state index contributed by atoms with van der Waals surface area (Å²) in [5.74, 6) is 1.65. The number of rotatable bonds is 8. The van der Waals surface area contributed by atoms with Crippen LogP contribution in [0.2, 0.25) is 0 Å². The van der Waals surface area contributed by atoms with Crippen molar-refractivity contribution < 1.29 is 4.74 Å². The molecule has 2 rings (SSSR count). The van der Waals surface area contributed by atoms with Crippen molar-refractivity contribution in [3.05, 3.63) is 47.8 Å². The molecule has 1 aromatic heterocycles. The van der Waals surface area contributed by atoms with Crippen LogP contribution >= 0.6 is 0 Å². The zero-order chi connectivity index (χ0) is 14.9. The maximum absolute atomic E-state index is 5.02. The Labute approximate surface area is 125 Å². The Hall–Kier alpha value is -2.14. The third kappa shape index (κ3) is 5.39. The highest BCUT2D eigenvalue weighted by Crippen LogP contribution is 2.11. The molecule has 5 nitrogen and oxygen atoms in total. The number of nitrogens with one attached hydrogen (secondary N) is 2. The fraction of sp³-hybridized carbons (Fsp3) is 0.375. The van der Waals surface area contributed by atoms with Crippen LogP contribution in [0.4, 0.5) is 11.6 Å². The number of nitrogens with zero attached hydrogens (tertiary/aromatic N) is 2. The second-order valence-corrected chi connectivity index (χ2v) is 4.90. The third-order valence-electron chi connectivity index (χ3n) is 3.05. The van der Waals surface area contributed by atoms with Crippen LogP contribution in [-0.2, 0) is 11.3 Å². The molecule has 0 amide bonds. The number of aromatic nitrogens is 2. The highest BCUT2D eigenvalue weighted by atomic mass is 16.5. The number of hydrogen-bond donors (Lipinski definition) is 2. The van der Waals surface area contributed by atoms with E-state index in [1.807, 2.05) is 6.07 Å². The van der Waals surface area contributed by atoms with Crippen LogP contribution in [0.25, 0.3) is 0 Å². The van der Waals surface area contributed by atoms with Gasteiger partial charge in [-0.3, -0.25) is 0 Å². The molecule has 0 spiro atoms. The van der Waals surface area contributed by atoms with Crippen molar-refractivity contribution in [2.24, 2.45) is 0 Å². The minimum atomic E-state index is 0.747. The molecule has 1 aromatic carbocycles. The molecule has 0 saturated heterocycles. The number of hydrogen-bond acceptors (Lipinski definition) is 5. The molecule has 2 N–H and O–H groups in total. The predicted molar refractivity (Wildman–Crippen MR) is 85.5 cm³/mol. The Bertz CT molecular complexity index is 559. The molecule has 21 heavy (non-hydrogen) atoms. The van der Waals surface area contributed by atoms with E-state index in [2.05, 4.69) is 51.8 Å². The predicted octanol–water partition coefficient (Wildman–Crippen LogP) is 2.85. The van der Waals surface area contributed by atoms with Gasteiger partial charge in [0.1, 0.15) is 18.0 Å². The fourth-order valence-electron chi connectivity index (χ4n) is 2.00. The molecule has 0 radical (unpaired) electrons. The molecular weight excluding hydrogens is 264 g/mol. The molecule has 1 heterocycles. The van der Waals surface area contributed by atoms with Gasteiger partial charge in [0.05, 0.1) is 0 Å². The molecule has 0 aliphatic carbocycles. The number of anilines is 2. The molecule has 0 saturated carbocycles. The van der Waals surface area contributed by atoms with Crippen molar-refractivity contribution in [2.45, 2.75) is 19.9 Å². The second-order valence-electron chi connectivity index (χ2n) is 4.90. The van der Waals surface area contributed by atoms with Crippen LogP contribution in [0.5, 0.6) is 0 Å². The van der Waals surface area contributed by atoms with Gasteiger partial charge in [-0.15, -0.1) is 0 Å². The Morgan fingerprint density at radius 1 is 1.10 bits per heavy atom. The molecule has 0 aliphatic rings. The van der Waals surface area contributed by atoms with E-state index in [-0.39, 0.29) is 0 Å². The lowest BCUT2D eigenvalue weighted by Crippen LogP contribution is -2.07. The number of aryl methyl sites for hydroxylation is 1. The SMILES string of the molecule is COCCCNc1cc(NCc2cccc(C)c2)ncn1. The summed E-state index contributed by atoms with van der Waals surface area (Å²) in [5.41, 5.74) is 2.50. The lowest BCUT2D eigenvalue weighted by atomic mass is 10.1. The first-order valence-corrected chi connectivity index (χ1v) is 7.12. The van der Waals surface area contributed by atoms with E-state index in [0.717, 1.165) is 37.8 Å². The van der Waals surface area contributed by atoms with Gasteiger partial charge in [-0.25, -0.2) is 9.97 Å². The van der Waals surface area contributed by atoms with Gasteiger partial charge >= 0.3 is 0 Å². The Balaban J connectivity index is 1.86. The van der Waals surface area contributed by atoms with Gasteiger partial charge in [0.25, 0.3) is 0 Å². The maximum atomic E-state index is 5.02. The number of methoxy groups -OCH3 is 1. The van der Waals surface area contributed by atoms with E-state index in [1.165, 1.54) is 11.1 Å². The largest absolute Gasteiger partial charge is 0.385 e. The van der Waals surface area contributed by atoms with Gasteiger partial charge in [0.2, 0.25) is 0 Å². The number of ether oxygens (including phenoxy) is 1. The lowest BCUT2D eigenvalue weighted by Gasteiger charge is -2.09. The summed E-state index contributed by atoms with van der Waals surface area (Å²) in [6, 6.07) is 10.3. The quantitative estimate of drug-likeness (QED) is 0.731. The Morgan fingerprint density at radius 3 is 2.67 bits per heavy atom. The zero-order valence-corrected chi connectivity index (χ0v) is 12.6. The second kappa shape index (κ2) is 8.21. The summed E-state index contributed by atoms with van der Waals surface area (Å²) in [7, 11) is 1.71. The minimum absolute atomic E-state index is 0.747. The minimum Gasteiger partial charge on any atom is -0.385 e. The van der Waals surface area contributed by atoms with Crippen LogP contribution in [-0.4, -0.2) is 30.2 Å². The van der Waals surface area contributed by atoms with Gasteiger partial charge in [0, 0.05) is 32.9 Å². The normalized spacial score (nSPS) is 10.4. The third-order valence-corrected chi connectivity index (χ3v) is 3.05. The average molecular weight is 286 g/mol. The molecule has 2 aromatic rings. The van der Waals surface area contributed by atoms with Gasteiger partial charge in [-0.1, -0.05) is 29.8 Å². The molecular formula is C16H22N4O. The topological polar surface area (TPSA) is 59.1 Å². The highest BCUT2D eigenvalue weighted by Gasteiger charge is 1.99. The van der Waals surface area contributed by atoms with Gasteiger partial charge in [-0.2, -0.15) is 0 Å². The molecule has 0 fully saturated rings. The van der Waals surface area contributed by atoms with E-state index in [1.54, 1.807) is 13.4 Å². The van der Waals surface area contributed by atoms with E-state index < -0.39 is 0 Å². The first-order chi connectivity index (χ1) is 10.3. The molecule has 0 bridgehead atoms. The van der Waals surface area contributed by atoms with Crippen LogP contribution in [0.15, 0.2) is 36.7 Å². The van der Waals surface area contributed by atoms with Crippen LogP contribution in [0.3, 0.4) is 0 Å². The standard InChI is InChI=1S/C16H22N4O/c1-13-5-3-6-14(9-13)11-18-16-10-15(19-12-20-16)17-7-4-8-21-2/h3,5-6,9-10,12H,4,7-8,11H2,1-2H3,(H2,17,18,19,20).